The summed E-state index contributed by atoms with van der Waals surface area (Å²) in [5, 5.41) is 8.64. The lowest BCUT2D eigenvalue weighted by Crippen LogP contribution is -2.43. The zero-order chi connectivity index (χ0) is 19.2. The number of nitrogens with zero attached hydrogens (tertiary/aromatic N) is 4. The molecular formula is C18H25N5O3S. The lowest BCUT2D eigenvalue weighted by atomic mass is 10.0. The lowest BCUT2D eigenvalue weighted by molar-refractivity contribution is -0.131. The molecule has 0 radical (unpaired) electrons. The highest BCUT2D eigenvalue weighted by atomic mass is 32.2. The van der Waals surface area contributed by atoms with Gasteiger partial charge in [-0.3, -0.25) is 4.79 Å². The monoisotopic (exact) mass is 391 g/mol. The third-order valence-corrected chi connectivity index (χ3v) is 5.52. The molecule has 0 saturated carbocycles. The SMILES string of the molecule is COc1cccc(OCc2nnc(SCC(=O)N3CCCCC3C)n2N)c1. The van der Waals surface area contributed by atoms with Gasteiger partial charge >= 0.3 is 0 Å². The van der Waals surface area contributed by atoms with Crippen molar-refractivity contribution >= 4 is 17.7 Å². The number of methoxy groups -OCH3 is 1. The van der Waals surface area contributed by atoms with Gasteiger partial charge in [-0.2, -0.15) is 0 Å². The predicted molar refractivity (Wildman–Crippen MR) is 103 cm³/mol. The summed E-state index contributed by atoms with van der Waals surface area (Å²) in [5.74, 6) is 8.32. The Balaban J connectivity index is 1.54. The van der Waals surface area contributed by atoms with Crippen molar-refractivity contribution < 1.29 is 14.3 Å². The topological polar surface area (TPSA) is 95.5 Å². The molecule has 27 heavy (non-hydrogen) atoms. The molecule has 3 rings (SSSR count). The van der Waals surface area contributed by atoms with Gasteiger partial charge < -0.3 is 20.2 Å². The minimum absolute atomic E-state index is 0.115. The van der Waals surface area contributed by atoms with Crippen molar-refractivity contribution in [2.24, 2.45) is 0 Å². The zero-order valence-corrected chi connectivity index (χ0v) is 16.4. The summed E-state index contributed by atoms with van der Waals surface area (Å²) in [6.07, 6.45) is 3.32. The third-order valence-electron chi connectivity index (χ3n) is 4.59. The van der Waals surface area contributed by atoms with Crippen molar-refractivity contribution in [3.05, 3.63) is 30.1 Å². The summed E-state index contributed by atoms with van der Waals surface area (Å²) in [5.41, 5.74) is 0. The van der Waals surface area contributed by atoms with Crippen LogP contribution in [-0.2, 0) is 11.4 Å². The first-order valence-electron chi connectivity index (χ1n) is 8.97. The molecule has 0 spiro atoms. The molecule has 8 nitrogen and oxygen atoms in total. The highest BCUT2D eigenvalue weighted by Crippen LogP contribution is 2.22. The van der Waals surface area contributed by atoms with Crippen molar-refractivity contribution in [1.82, 2.24) is 19.8 Å². The molecule has 146 valence electrons. The zero-order valence-electron chi connectivity index (χ0n) is 15.6. The standard InChI is InChI=1S/C18H25N5O3S/c1-13-6-3-4-9-22(13)17(24)12-27-18-21-20-16(23(18)19)11-26-15-8-5-7-14(10-15)25-2/h5,7-8,10,13H,3-4,6,9,11-12,19H2,1-2H3. The second kappa shape index (κ2) is 8.98. The molecule has 1 atom stereocenters. The number of aromatic nitrogens is 3. The molecule has 2 aromatic rings. The van der Waals surface area contributed by atoms with Crippen molar-refractivity contribution in [2.45, 2.75) is 44.0 Å². The molecule has 1 fully saturated rings. The Hall–Kier alpha value is -2.42. The average Bonchev–Trinajstić information content (AvgIpc) is 3.04. The number of rotatable bonds is 7. The summed E-state index contributed by atoms with van der Waals surface area (Å²) >= 11 is 1.30. The van der Waals surface area contributed by atoms with Crippen LogP contribution in [0.3, 0.4) is 0 Å². The predicted octanol–water partition coefficient (Wildman–Crippen LogP) is 2.07. The van der Waals surface area contributed by atoms with Gasteiger partial charge in [0.2, 0.25) is 11.1 Å². The van der Waals surface area contributed by atoms with E-state index in [-0.39, 0.29) is 12.5 Å². The normalized spacial score (nSPS) is 17.0. The number of piperidine rings is 1. The van der Waals surface area contributed by atoms with E-state index in [1.54, 1.807) is 13.2 Å². The van der Waals surface area contributed by atoms with Gasteiger partial charge in [-0.05, 0) is 38.3 Å². The van der Waals surface area contributed by atoms with Gasteiger partial charge in [-0.1, -0.05) is 17.8 Å². The average molecular weight is 391 g/mol. The molecule has 1 unspecified atom stereocenters. The van der Waals surface area contributed by atoms with Crippen molar-refractivity contribution in [3.63, 3.8) is 0 Å². The maximum Gasteiger partial charge on any atom is 0.233 e. The van der Waals surface area contributed by atoms with Crippen LogP contribution in [0.25, 0.3) is 0 Å². The molecule has 0 aliphatic carbocycles. The highest BCUT2D eigenvalue weighted by Gasteiger charge is 2.23. The van der Waals surface area contributed by atoms with Crippen LogP contribution in [0, 0.1) is 0 Å². The molecular weight excluding hydrogens is 366 g/mol. The molecule has 2 N–H and O–H groups in total. The smallest absolute Gasteiger partial charge is 0.233 e. The van der Waals surface area contributed by atoms with E-state index in [0.29, 0.717) is 34.3 Å². The number of ether oxygens (including phenoxy) is 2. The number of benzene rings is 1. The molecule has 1 aliphatic heterocycles. The Labute approximate surface area is 163 Å². The number of hydrogen-bond acceptors (Lipinski definition) is 7. The van der Waals surface area contributed by atoms with E-state index in [4.69, 9.17) is 15.3 Å². The Morgan fingerprint density at radius 3 is 2.93 bits per heavy atom. The number of carbonyl (C=O) groups excluding carboxylic acids is 1. The Morgan fingerprint density at radius 2 is 2.15 bits per heavy atom. The van der Waals surface area contributed by atoms with Gasteiger partial charge in [0.1, 0.15) is 18.1 Å². The number of amides is 1. The van der Waals surface area contributed by atoms with Crippen LogP contribution in [0.4, 0.5) is 0 Å². The largest absolute Gasteiger partial charge is 0.497 e. The Morgan fingerprint density at radius 1 is 1.33 bits per heavy atom. The first-order valence-corrected chi connectivity index (χ1v) is 9.95. The first-order chi connectivity index (χ1) is 13.1. The van der Waals surface area contributed by atoms with Gasteiger partial charge in [0.25, 0.3) is 0 Å². The van der Waals surface area contributed by atoms with Crippen LogP contribution >= 0.6 is 11.8 Å². The van der Waals surface area contributed by atoms with E-state index in [2.05, 4.69) is 17.1 Å². The molecule has 1 aromatic heterocycles. The van der Waals surface area contributed by atoms with Crippen molar-refractivity contribution in [3.8, 4) is 11.5 Å². The van der Waals surface area contributed by atoms with Gasteiger partial charge in [-0.25, -0.2) is 4.68 Å². The van der Waals surface area contributed by atoms with Gasteiger partial charge in [-0.15, -0.1) is 10.2 Å². The maximum absolute atomic E-state index is 12.4. The second-order valence-corrected chi connectivity index (χ2v) is 7.40. The Bertz CT molecular complexity index is 782. The quantitative estimate of drug-likeness (QED) is 0.570. The van der Waals surface area contributed by atoms with E-state index >= 15 is 0 Å². The van der Waals surface area contributed by atoms with E-state index in [1.165, 1.54) is 22.9 Å². The van der Waals surface area contributed by atoms with E-state index in [1.807, 2.05) is 23.1 Å². The minimum Gasteiger partial charge on any atom is -0.497 e. The summed E-state index contributed by atoms with van der Waals surface area (Å²) in [7, 11) is 1.60. The molecule has 1 amide bonds. The first kappa shape index (κ1) is 19.3. The fourth-order valence-corrected chi connectivity index (χ4v) is 3.78. The fraction of sp³-hybridized carbons (Fsp3) is 0.500. The van der Waals surface area contributed by atoms with Crippen LogP contribution in [0.1, 0.15) is 32.0 Å². The number of likely N-dealkylation sites (tertiary alicyclic amines) is 1. The fourth-order valence-electron chi connectivity index (χ4n) is 3.02. The molecule has 9 heteroatoms. The number of nitrogen functional groups attached to an aromatic ring is 1. The number of hydrogen-bond donors (Lipinski definition) is 1. The second-order valence-electron chi connectivity index (χ2n) is 6.46. The van der Waals surface area contributed by atoms with E-state index in [9.17, 15) is 4.79 Å². The van der Waals surface area contributed by atoms with Gasteiger partial charge in [0.15, 0.2) is 5.82 Å². The maximum atomic E-state index is 12.4. The van der Waals surface area contributed by atoms with E-state index in [0.717, 1.165) is 19.4 Å². The third kappa shape index (κ3) is 4.85. The summed E-state index contributed by atoms with van der Waals surface area (Å²) in [6.45, 7) is 3.10. The van der Waals surface area contributed by atoms with Crippen molar-refractivity contribution in [1.29, 1.82) is 0 Å². The molecule has 1 saturated heterocycles. The van der Waals surface area contributed by atoms with Gasteiger partial charge in [0, 0.05) is 18.7 Å². The van der Waals surface area contributed by atoms with Crippen LogP contribution < -0.4 is 15.3 Å². The van der Waals surface area contributed by atoms with Crippen LogP contribution in [0.2, 0.25) is 0 Å². The number of nitrogens with two attached hydrogens (primary N) is 1. The van der Waals surface area contributed by atoms with Crippen molar-refractivity contribution in [2.75, 3.05) is 25.3 Å². The lowest BCUT2D eigenvalue weighted by Gasteiger charge is -2.33. The molecule has 1 aromatic carbocycles. The highest BCUT2D eigenvalue weighted by molar-refractivity contribution is 7.99. The Kier molecular flexibility index (Phi) is 6.44. The van der Waals surface area contributed by atoms with Gasteiger partial charge in [0.05, 0.1) is 12.9 Å². The molecule has 1 aliphatic rings. The van der Waals surface area contributed by atoms with Crippen LogP contribution in [-0.4, -0.2) is 51.1 Å². The van der Waals surface area contributed by atoms with E-state index < -0.39 is 0 Å². The molecule has 0 bridgehead atoms. The van der Waals surface area contributed by atoms with Crippen LogP contribution in [0.15, 0.2) is 29.4 Å². The summed E-state index contributed by atoms with van der Waals surface area (Å²) < 4.78 is 12.2. The number of thioether (sulfide) groups is 1. The van der Waals surface area contributed by atoms with Crippen LogP contribution in [0.5, 0.6) is 11.5 Å². The minimum atomic E-state index is 0.115. The number of carbonyl (C=O) groups is 1. The summed E-state index contributed by atoms with van der Waals surface area (Å²) in [4.78, 5) is 14.4. The molecule has 2 heterocycles. The summed E-state index contributed by atoms with van der Waals surface area (Å²) in [6, 6.07) is 7.59.